The van der Waals surface area contributed by atoms with E-state index in [1.807, 2.05) is 20.0 Å². The summed E-state index contributed by atoms with van der Waals surface area (Å²) in [5, 5.41) is 3.71. The van der Waals surface area contributed by atoms with Gasteiger partial charge in [0, 0.05) is 18.8 Å². The van der Waals surface area contributed by atoms with Crippen LogP contribution < -0.4 is 5.32 Å². The molecule has 0 saturated carbocycles. The van der Waals surface area contributed by atoms with Gasteiger partial charge in [0.2, 0.25) is 0 Å². The lowest BCUT2D eigenvalue weighted by molar-refractivity contribution is 1.10. The SMILES string of the molecule is CNc1cc(C)nc(-c2ncc(Cl)s2)n1. The molecular weight excluding hydrogens is 232 g/mol. The molecule has 2 heterocycles. The molecule has 6 heteroatoms. The summed E-state index contributed by atoms with van der Waals surface area (Å²) in [5.74, 6) is 1.39. The van der Waals surface area contributed by atoms with Gasteiger partial charge in [0.15, 0.2) is 10.8 Å². The van der Waals surface area contributed by atoms with Gasteiger partial charge in [-0.2, -0.15) is 0 Å². The number of thiazole rings is 1. The molecule has 0 aliphatic rings. The maximum atomic E-state index is 5.81. The van der Waals surface area contributed by atoms with Gasteiger partial charge < -0.3 is 5.32 Å². The summed E-state index contributed by atoms with van der Waals surface area (Å²) in [6, 6.07) is 1.87. The highest BCUT2D eigenvalue weighted by Crippen LogP contribution is 2.26. The summed E-state index contributed by atoms with van der Waals surface area (Å²) < 4.78 is 0.640. The Kier molecular flexibility index (Phi) is 2.83. The van der Waals surface area contributed by atoms with E-state index < -0.39 is 0 Å². The predicted octanol–water partition coefficient (Wildman–Crippen LogP) is 2.60. The Hall–Kier alpha value is -1.20. The highest BCUT2D eigenvalue weighted by Gasteiger charge is 2.08. The number of halogens is 1. The van der Waals surface area contributed by atoms with Crippen molar-refractivity contribution in [2.24, 2.45) is 0 Å². The minimum Gasteiger partial charge on any atom is -0.373 e. The first-order chi connectivity index (χ1) is 7.19. The van der Waals surface area contributed by atoms with Crippen molar-refractivity contribution in [1.82, 2.24) is 15.0 Å². The predicted molar refractivity (Wildman–Crippen MR) is 62.4 cm³/mol. The molecule has 2 aromatic heterocycles. The summed E-state index contributed by atoms with van der Waals surface area (Å²) in [6.07, 6.45) is 1.60. The Labute approximate surface area is 96.4 Å². The largest absolute Gasteiger partial charge is 0.373 e. The highest BCUT2D eigenvalue weighted by atomic mass is 35.5. The van der Waals surface area contributed by atoms with Crippen molar-refractivity contribution < 1.29 is 0 Å². The van der Waals surface area contributed by atoms with Crippen molar-refractivity contribution in [1.29, 1.82) is 0 Å². The average molecular weight is 241 g/mol. The third kappa shape index (κ3) is 2.24. The molecule has 0 radical (unpaired) electrons. The Balaban J connectivity index is 2.48. The number of aryl methyl sites for hydroxylation is 1. The van der Waals surface area contributed by atoms with Gasteiger partial charge in [-0.1, -0.05) is 22.9 Å². The molecule has 0 spiro atoms. The third-order valence-corrected chi connectivity index (χ3v) is 2.89. The lowest BCUT2D eigenvalue weighted by Gasteiger charge is -2.02. The van der Waals surface area contributed by atoms with E-state index in [0.717, 1.165) is 16.5 Å². The summed E-state index contributed by atoms with van der Waals surface area (Å²) in [7, 11) is 1.82. The summed E-state index contributed by atoms with van der Waals surface area (Å²) in [4.78, 5) is 12.7. The van der Waals surface area contributed by atoms with Crippen molar-refractivity contribution in [3.05, 3.63) is 22.3 Å². The summed E-state index contributed by atoms with van der Waals surface area (Å²) in [6.45, 7) is 1.92. The molecule has 0 bridgehead atoms. The van der Waals surface area contributed by atoms with Crippen LogP contribution in [0.3, 0.4) is 0 Å². The summed E-state index contributed by atoms with van der Waals surface area (Å²) in [5.41, 5.74) is 0.899. The normalized spacial score (nSPS) is 10.3. The van der Waals surface area contributed by atoms with Crippen molar-refractivity contribution >= 4 is 28.8 Å². The van der Waals surface area contributed by atoms with Crippen molar-refractivity contribution in [2.45, 2.75) is 6.92 Å². The minimum atomic E-state index is 0.608. The molecule has 0 unspecified atom stereocenters. The number of hydrogen-bond acceptors (Lipinski definition) is 5. The lowest BCUT2D eigenvalue weighted by Crippen LogP contribution is -1.98. The van der Waals surface area contributed by atoms with Crippen LogP contribution in [0.5, 0.6) is 0 Å². The van der Waals surface area contributed by atoms with Crippen molar-refractivity contribution in [2.75, 3.05) is 12.4 Å². The van der Waals surface area contributed by atoms with E-state index in [4.69, 9.17) is 11.6 Å². The second kappa shape index (κ2) is 4.12. The fourth-order valence-corrected chi connectivity index (χ4v) is 2.00. The van der Waals surface area contributed by atoms with E-state index in [2.05, 4.69) is 20.3 Å². The zero-order valence-electron chi connectivity index (χ0n) is 8.28. The molecular formula is C9H9ClN4S. The Morgan fingerprint density at radius 3 is 2.80 bits per heavy atom. The second-order valence-corrected chi connectivity index (χ2v) is 4.60. The standard InChI is InChI=1S/C9H9ClN4S/c1-5-3-7(11-2)14-8(13-5)9-12-4-6(10)15-9/h3-4H,1-2H3,(H,11,13,14). The van der Waals surface area contributed by atoms with Crippen molar-refractivity contribution in [3.63, 3.8) is 0 Å². The maximum Gasteiger partial charge on any atom is 0.190 e. The first kappa shape index (κ1) is 10.3. The molecule has 0 atom stereocenters. The van der Waals surface area contributed by atoms with Crippen LogP contribution in [0.15, 0.2) is 12.3 Å². The molecule has 0 aliphatic heterocycles. The van der Waals surface area contributed by atoms with Crippen LogP contribution in [-0.4, -0.2) is 22.0 Å². The molecule has 15 heavy (non-hydrogen) atoms. The second-order valence-electron chi connectivity index (χ2n) is 2.94. The number of anilines is 1. The van der Waals surface area contributed by atoms with Gasteiger partial charge >= 0.3 is 0 Å². The number of aromatic nitrogens is 3. The number of nitrogens with zero attached hydrogens (tertiary/aromatic N) is 3. The molecule has 0 amide bonds. The van der Waals surface area contributed by atoms with Crippen LogP contribution in [0.25, 0.3) is 10.8 Å². The Bertz CT molecular complexity index is 483. The van der Waals surface area contributed by atoms with E-state index in [9.17, 15) is 0 Å². The third-order valence-electron chi connectivity index (χ3n) is 1.78. The molecule has 0 aliphatic carbocycles. The van der Waals surface area contributed by atoms with Crippen LogP contribution in [0.4, 0.5) is 5.82 Å². The van der Waals surface area contributed by atoms with E-state index >= 15 is 0 Å². The summed E-state index contributed by atoms with van der Waals surface area (Å²) >= 11 is 7.18. The smallest absolute Gasteiger partial charge is 0.190 e. The molecule has 2 aromatic rings. The number of hydrogen-bond donors (Lipinski definition) is 1. The zero-order chi connectivity index (χ0) is 10.8. The van der Waals surface area contributed by atoms with Gasteiger partial charge in [0.25, 0.3) is 0 Å². The highest BCUT2D eigenvalue weighted by molar-refractivity contribution is 7.18. The molecule has 0 aromatic carbocycles. The minimum absolute atomic E-state index is 0.608. The lowest BCUT2D eigenvalue weighted by atomic mass is 10.4. The molecule has 0 saturated heterocycles. The number of nitrogens with one attached hydrogen (secondary N) is 1. The molecule has 78 valence electrons. The fraction of sp³-hybridized carbons (Fsp3) is 0.222. The van der Waals surface area contributed by atoms with E-state index in [-0.39, 0.29) is 0 Å². The number of rotatable bonds is 2. The Morgan fingerprint density at radius 1 is 1.40 bits per heavy atom. The van der Waals surface area contributed by atoms with Gasteiger partial charge in [0.05, 0.1) is 6.20 Å². The monoisotopic (exact) mass is 240 g/mol. The van der Waals surface area contributed by atoms with Crippen LogP contribution in [0.2, 0.25) is 4.34 Å². The van der Waals surface area contributed by atoms with E-state index in [0.29, 0.717) is 10.2 Å². The fourth-order valence-electron chi connectivity index (χ4n) is 1.15. The van der Waals surface area contributed by atoms with Gasteiger partial charge in [0.1, 0.15) is 10.2 Å². The maximum absolute atomic E-state index is 5.81. The van der Waals surface area contributed by atoms with Gasteiger partial charge in [-0.15, -0.1) is 0 Å². The van der Waals surface area contributed by atoms with Gasteiger partial charge in [-0.05, 0) is 6.92 Å². The van der Waals surface area contributed by atoms with Gasteiger partial charge in [-0.25, -0.2) is 15.0 Å². The van der Waals surface area contributed by atoms with Crippen LogP contribution in [0, 0.1) is 6.92 Å². The molecule has 4 nitrogen and oxygen atoms in total. The van der Waals surface area contributed by atoms with Crippen LogP contribution in [0.1, 0.15) is 5.69 Å². The van der Waals surface area contributed by atoms with E-state index in [1.54, 1.807) is 6.20 Å². The van der Waals surface area contributed by atoms with Crippen LogP contribution in [-0.2, 0) is 0 Å². The molecule has 2 rings (SSSR count). The zero-order valence-corrected chi connectivity index (χ0v) is 9.85. The first-order valence-electron chi connectivity index (χ1n) is 4.34. The Morgan fingerprint density at radius 2 is 2.20 bits per heavy atom. The molecule has 1 N–H and O–H groups in total. The van der Waals surface area contributed by atoms with E-state index in [1.165, 1.54) is 11.3 Å². The average Bonchev–Trinajstić information content (AvgIpc) is 2.64. The topological polar surface area (TPSA) is 50.7 Å². The van der Waals surface area contributed by atoms with Gasteiger partial charge in [-0.3, -0.25) is 0 Å². The first-order valence-corrected chi connectivity index (χ1v) is 5.53. The van der Waals surface area contributed by atoms with Crippen molar-refractivity contribution in [3.8, 4) is 10.8 Å². The van der Waals surface area contributed by atoms with Crippen LogP contribution >= 0.6 is 22.9 Å². The quantitative estimate of drug-likeness (QED) is 0.877. The molecule has 0 fully saturated rings.